The van der Waals surface area contributed by atoms with Crippen LogP contribution in [0.1, 0.15) is 9.49 Å². The lowest BCUT2D eigenvalue weighted by Crippen LogP contribution is -2.34. The third-order valence-corrected chi connectivity index (χ3v) is 7.75. The molecule has 0 amide bonds. The smallest absolute Gasteiger partial charge is 0.321 e. The highest BCUT2D eigenvalue weighted by molar-refractivity contribution is 14.1. The van der Waals surface area contributed by atoms with Crippen LogP contribution in [0.3, 0.4) is 0 Å². The Morgan fingerprint density at radius 2 is 1.70 bits per heavy atom. The van der Waals surface area contributed by atoms with E-state index < -0.39 is 12.0 Å². The summed E-state index contributed by atoms with van der Waals surface area (Å²) >= 11 is 6.38. The molecule has 8 heteroatoms. The lowest BCUT2D eigenvalue weighted by Gasteiger charge is -2.18. The average molecular weight is 651 g/mol. The molecule has 23 heavy (non-hydrogen) atoms. The number of hydrogen-bond acceptors (Lipinski definition) is 4. The molecule has 0 radical (unpaired) electrons. The zero-order valence-electron chi connectivity index (χ0n) is 11.5. The fourth-order valence-electron chi connectivity index (χ4n) is 1.80. The highest BCUT2D eigenvalue weighted by Crippen LogP contribution is 2.38. The second-order valence-electron chi connectivity index (χ2n) is 4.64. The highest BCUT2D eigenvalue weighted by atomic mass is 127. The summed E-state index contributed by atoms with van der Waals surface area (Å²) in [5.74, 6) is 0.418. The molecule has 0 bridgehead atoms. The first-order chi connectivity index (χ1) is 10.8. The fourth-order valence-corrected chi connectivity index (χ4v) is 4.60. The first-order valence-electron chi connectivity index (χ1n) is 6.38. The van der Waals surface area contributed by atoms with E-state index in [-0.39, 0.29) is 9.67 Å². The van der Waals surface area contributed by atoms with Crippen LogP contribution in [0.15, 0.2) is 36.4 Å². The Morgan fingerprint density at radius 1 is 1.09 bits per heavy atom. The van der Waals surface area contributed by atoms with Gasteiger partial charge in [0.25, 0.3) is 0 Å². The van der Waals surface area contributed by atoms with Gasteiger partial charge < -0.3 is 20.7 Å². The molecule has 0 aromatic heterocycles. The number of alkyl halides is 1. The van der Waals surface area contributed by atoms with Crippen molar-refractivity contribution in [3.63, 3.8) is 0 Å². The Bertz CT molecular complexity index is 721. The maximum Gasteiger partial charge on any atom is 0.321 e. The molecular weight excluding hydrogens is 639 g/mol. The summed E-state index contributed by atoms with van der Waals surface area (Å²) in [5, 5.41) is 18.4. The Labute approximate surface area is 174 Å². The van der Waals surface area contributed by atoms with E-state index in [1.807, 2.05) is 28.7 Å². The average Bonchev–Trinajstić information content (AvgIpc) is 2.52. The van der Waals surface area contributed by atoms with Gasteiger partial charge in [-0.15, -0.1) is 0 Å². The molecule has 0 heterocycles. The van der Waals surface area contributed by atoms with Crippen molar-refractivity contribution in [2.45, 2.75) is 9.97 Å². The molecular formula is C15H12I3NO4. The van der Waals surface area contributed by atoms with E-state index in [1.165, 1.54) is 0 Å². The molecule has 122 valence electrons. The molecule has 0 saturated carbocycles. The van der Waals surface area contributed by atoms with Crippen LogP contribution in [0.5, 0.6) is 17.2 Å². The first-order valence-corrected chi connectivity index (χ1v) is 9.78. The van der Waals surface area contributed by atoms with Gasteiger partial charge in [0.05, 0.1) is 7.49 Å². The number of rotatable bonds is 5. The van der Waals surface area contributed by atoms with Crippen LogP contribution in [0.4, 0.5) is 0 Å². The number of halogens is 3. The summed E-state index contributed by atoms with van der Waals surface area (Å²) in [4.78, 5) is 11.1. The van der Waals surface area contributed by atoms with Crippen LogP contribution in [0, 0.1) is 7.14 Å². The Balaban J connectivity index is 2.30. The van der Waals surface area contributed by atoms with Crippen molar-refractivity contribution in [1.29, 1.82) is 0 Å². The van der Waals surface area contributed by atoms with Gasteiger partial charge in [-0.05, 0) is 81.1 Å². The maximum atomic E-state index is 11.1. The van der Waals surface area contributed by atoms with Gasteiger partial charge in [-0.1, -0.05) is 28.7 Å². The molecule has 4 N–H and O–H groups in total. The number of benzene rings is 2. The van der Waals surface area contributed by atoms with Crippen molar-refractivity contribution in [3.8, 4) is 17.2 Å². The third kappa shape index (κ3) is 4.60. The third-order valence-electron chi connectivity index (χ3n) is 3.04. The lowest BCUT2D eigenvalue weighted by atomic mass is 10.1. The van der Waals surface area contributed by atoms with E-state index in [0.717, 1.165) is 12.7 Å². The van der Waals surface area contributed by atoms with Crippen molar-refractivity contribution in [3.05, 3.63) is 49.1 Å². The van der Waals surface area contributed by atoms with Crippen LogP contribution in [-0.2, 0) is 4.79 Å². The van der Waals surface area contributed by atoms with Crippen LogP contribution in [0.25, 0.3) is 0 Å². The first kappa shape index (κ1) is 19.0. The molecule has 5 nitrogen and oxygen atoms in total. The molecule has 0 fully saturated rings. The summed E-state index contributed by atoms with van der Waals surface area (Å²) in [7, 11) is 0. The van der Waals surface area contributed by atoms with Gasteiger partial charge >= 0.3 is 5.97 Å². The predicted octanol–water partition coefficient (Wildman–Crippen LogP) is 4.28. The number of carboxylic acids is 1. The van der Waals surface area contributed by atoms with Crippen LogP contribution in [0.2, 0.25) is 0 Å². The standard InChI is InChI=1S/C15H12I3NO4/c16-11-9(12(17)14(19)15(21)22)5-6-10(13(11)18)23-8-3-1-7(20)2-4-8/h1-6,12,14,20H,19H2,(H,21,22)/t12?,14-/m1/s1. The number of aromatic hydroxyl groups is 1. The van der Waals surface area contributed by atoms with Gasteiger partial charge in [0, 0.05) is 3.57 Å². The Morgan fingerprint density at radius 3 is 2.26 bits per heavy atom. The molecule has 1 unspecified atom stereocenters. The summed E-state index contributed by atoms with van der Waals surface area (Å²) in [6, 6.07) is 9.11. The number of aliphatic carboxylic acids is 1. The van der Waals surface area contributed by atoms with E-state index in [2.05, 4.69) is 45.2 Å². The minimum atomic E-state index is -1.03. The Hall–Kier alpha value is -0.340. The largest absolute Gasteiger partial charge is 0.508 e. The van der Waals surface area contributed by atoms with Gasteiger partial charge in [0.1, 0.15) is 23.3 Å². The molecule has 0 aliphatic rings. The summed E-state index contributed by atoms with van der Waals surface area (Å²) in [5.41, 5.74) is 6.58. The number of nitrogens with two attached hydrogens (primary N) is 1. The van der Waals surface area contributed by atoms with Gasteiger partial charge in [-0.3, -0.25) is 4.79 Å². The van der Waals surface area contributed by atoms with Gasteiger partial charge in [0.15, 0.2) is 0 Å². The van der Waals surface area contributed by atoms with Crippen molar-refractivity contribution in [1.82, 2.24) is 0 Å². The SMILES string of the molecule is N[C@@H](C(=O)O)C(I)c1ccc(Oc2ccc(O)cc2)c(I)c1I. The number of carbonyl (C=O) groups is 1. The summed E-state index contributed by atoms with van der Waals surface area (Å²) < 4.78 is 7.27. The molecule has 2 aromatic rings. The number of phenols is 1. The van der Waals surface area contributed by atoms with Gasteiger partial charge in [-0.2, -0.15) is 0 Å². The minimum absolute atomic E-state index is 0.174. The van der Waals surface area contributed by atoms with Crippen molar-refractivity contribution < 1.29 is 19.7 Å². The topological polar surface area (TPSA) is 92.8 Å². The van der Waals surface area contributed by atoms with E-state index in [0.29, 0.717) is 11.5 Å². The van der Waals surface area contributed by atoms with Crippen molar-refractivity contribution >= 4 is 73.7 Å². The monoisotopic (exact) mass is 651 g/mol. The molecule has 0 saturated heterocycles. The van der Waals surface area contributed by atoms with Gasteiger partial charge in [-0.25, -0.2) is 0 Å². The molecule has 2 atom stereocenters. The van der Waals surface area contributed by atoms with Gasteiger partial charge in [0.2, 0.25) is 0 Å². The van der Waals surface area contributed by atoms with Crippen LogP contribution < -0.4 is 10.5 Å². The van der Waals surface area contributed by atoms with Crippen molar-refractivity contribution in [2.75, 3.05) is 0 Å². The molecule has 2 aromatic carbocycles. The lowest BCUT2D eigenvalue weighted by molar-refractivity contribution is -0.138. The maximum absolute atomic E-state index is 11.1. The predicted molar refractivity (Wildman–Crippen MR) is 112 cm³/mol. The zero-order valence-corrected chi connectivity index (χ0v) is 18.0. The fraction of sp³-hybridized carbons (Fsp3) is 0.133. The second kappa shape index (κ2) is 8.16. The minimum Gasteiger partial charge on any atom is -0.508 e. The molecule has 0 aliphatic carbocycles. The number of hydrogen-bond donors (Lipinski definition) is 3. The van der Waals surface area contributed by atoms with E-state index in [4.69, 9.17) is 15.6 Å². The Kier molecular flexibility index (Phi) is 6.74. The quantitative estimate of drug-likeness (QED) is 0.332. The molecule has 0 aliphatic heterocycles. The van der Waals surface area contributed by atoms with Crippen LogP contribution in [-0.4, -0.2) is 22.2 Å². The number of carboxylic acid groups (broad SMARTS) is 1. The van der Waals surface area contributed by atoms with Crippen molar-refractivity contribution in [2.24, 2.45) is 5.73 Å². The van der Waals surface area contributed by atoms with E-state index in [1.54, 1.807) is 30.3 Å². The number of ether oxygens (including phenoxy) is 1. The van der Waals surface area contributed by atoms with Crippen LogP contribution >= 0.6 is 67.8 Å². The normalized spacial score (nSPS) is 13.4. The van der Waals surface area contributed by atoms with E-state index >= 15 is 0 Å². The second-order valence-corrected chi connectivity index (χ2v) is 8.14. The number of phenolic OH excluding ortho intramolecular Hbond substituents is 1. The highest BCUT2D eigenvalue weighted by Gasteiger charge is 2.26. The zero-order chi connectivity index (χ0) is 17.1. The summed E-state index contributed by atoms with van der Waals surface area (Å²) in [6.07, 6.45) is 0. The molecule has 0 spiro atoms. The van der Waals surface area contributed by atoms with E-state index in [9.17, 15) is 9.90 Å². The molecule has 2 rings (SSSR count). The summed E-state index contributed by atoms with van der Waals surface area (Å²) in [6.45, 7) is 0.